The summed E-state index contributed by atoms with van der Waals surface area (Å²) in [4.78, 5) is 11.4. The highest BCUT2D eigenvalue weighted by molar-refractivity contribution is 6.19. The van der Waals surface area contributed by atoms with Gasteiger partial charge >= 0.3 is 0 Å². The van der Waals surface area contributed by atoms with E-state index in [1.807, 2.05) is 0 Å². The van der Waals surface area contributed by atoms with Crippen molar-refractivity contribution in [2.45, 2.75) is 13.3 Å². The molecule has 88 valence electrons. The highest BCUT2D eigenvalue weighted by Crippen LogP contribution is 2.03. The molecule has 1 atom stereocenters. The summed E-state index contributed by atoms with van der Waals surface area (Å²) in [6, 6.07) is 6.26. The van der Waals surface area contributed by atoms with Crippen LogP contribution in [0.25, 0.3) is 0 Å². The van der Waals surface area contributed by atoms with Gasteiger partial charge in [0.2, 0.25) is 5.91 Å². The third kappa shape index (κ3) is 4.19. The summed E-state index contributed by atoms with van der Waals surface area (Å²) in [6.45, 7) is 2.33. The zero-order valence-electron chi connectivity index (χ0n) is 9.17. The van der Waals surface area contributed by atoms with Gasteiger partial charge in [0.25, 0.3) is 0 Å². The lowest BCUT2D eigenvalue weighted by atomic mass is 10.1. The second kappa shape index (κ2) is 6.48. The predicted octanol–water partition coefficient (Wildman–Crippen LogP) is 2.36. The molecule has 0 aliphatic rings. The minimum absolute atomic E-state index is 0.0443. The van der Waals surface area contributed by atoms with Gasteiger partial charge in [0, 0.05) is 18.3 Å². The Balaban J connectivity index is 2.30. The molecule has 1 unspecified atom stereocenters. The number of halogens is 2. The molecule has 16 heavy (non-hydrogen) atoms. The van der Waals surface area contributed by atoms with Gasteiger partial charge < -0.3 is 5.32 Å². The highest BCUT2D eigenvalue weighted by atomic mass is 35.5. The minimum Gasteiger partial charge on any atom is -0.356 e. The molecule has 0 radical (unpaired) electrons. The third-order valence-corrected chi connectivity index (χ3v) is 2.77. The van der Waals surface area contributed by atoms with Crippen LogP contribution in [0.1, 0.15) is 12.5 Å². The smallest absolute Gasteiger partial charge is 0.224 e. The number of amides is 1. The van der Waals surface area contributed by atoms with Crippen molar-refractivity contribution in [3.8, 4) is 0 Å². The summed E-state index contributed by atoms with van der Waals surface area (Å²) in [5.74, 6) is -0.141. The summed E-state index contributed by atoms with van der Waals surface area (Å²) >= 11 is 5.56. The Morgan fingerprint density at radius 2 is 2.06 bits per heavy atom. The van der Waals surface area contributed by atoms with Crippen molar-refractivity contribution in [1.82, 2.24) is 5.32 Å². The number of hydrogen-bond acceptors (Lipinski definition) is 1. The molecule has 0 aliphatic heterocycles. The van der Waals surface area contributed by atoms with Gasteiger partial charge in [-0.1, -0.05) is 19.1 Å². The number of carbonyl (C=O) groups excluding carboxylic acids is 1. The van der Waals surface area contributed by atoms with Crippen molar-refractivity contribution in [2.75, 3.05) is 12.4 Å². The van der Waals surface area contributed by atoms with E-state index >= 15 is 0 Å². The van der Waals surface area contributed by atoms with Crippen LogP contribution in [-0.2, 0) is 11.2 Å². The van der Waals surface area contributed by atoms with Gasteiger partial charge in [0.1, 0.15) is 5.82 Å². The topological polar surface area (TPSA) is 29.1 Å². The summed E-state index contributed by atoms with van der Waals surface area (Å²) in [6.07, 6.45) is 0.695. The first kappa shape index (κ1) is 13.0. The molecular formula is C12H15ClFNO. The molecule has 4 heteroatoms. The van der Waals surface area contributed by atoms with Crippen molar-refractivity contribution >= 4 is 17.5 Å². The van der Waals surface area contributed by atoms with Gasteiger partial charge in [-0.25, -0.2) is 4.39 Å². The van der Waals surface area contributed by atoms with Crippen LogP contribution in [0.3, 0.4) is 0 Å². The fourth-order valence-electron chi connectivity index (χ4n) is 1.23. The molecule has 1 aromatic carbocycles. The van der Waals surface area contributed by atoms with E-state index in [1.54, 1.807) is 19.1 Å². The van der Waals surface area contributed by atoms with E-state index in [0.29, 0.717) is 18.8 Å². The Hall–Kier alpha value is -1.09. The third-order valence-electron chi connectivity index (χ3n) is 2.31. The normalized spacial score (nSPS) is 12.2. The van der Waals surface area contributed by atoms with Crippen LogP contribution in [0.2, 0.25) is 0 Å². The standard InChI is InChI=1S/C12H15ClFNO/c1-9(8-13)12(16)15-7-6-10-2-4-11(14)5-3-10/h2-5,9H,6-8H2,1H3,(H,15,16). The van der Waals surface area contributed by atoms with Gasteiger partial charge in [-0.15, -0.1) is 11.6 Å². The zero-order chi connectivity index (χ0) is 12.0. The molecule has 0 fully saturated rings. The van der Waals surface area contributed by atoms with Crippen LogP contribution < -0.4 is 5.32 Å². The van der Waals surface area contributed by atoms with E-state index in [2.05, 4.69) is 5.32 Å². The van der Waals surface area contributed by atoms with Gasteiger partial charge in [0.15, 0.2) is 0 Å². The Kier molecular flexibility index (Phi) is 5.26. The highest BCUT2D eigenvalue weighted by Gasteiger charge is 2.09. The lowest BCUT2D eigenvalue weighted by molar-refractivity contribution is -0.123. The quantitative estimate of drug-likeness (QED) is 0.791. The van der Waals surface area contributed by atoms with E-state index in [-0.39, 0.29) is 17.6 Å². The second-order valence-electron chi connectivity index (χ2n) is 3.72. The van der Waals surface area contributed by atoms with Crippen LogP contribution >= 0.6 is 11.6 Å². The van der Waals surface area contributed by atoms with Gasteiger partial charge in [0.05, 0.1) is 0 Å². The average Bonchev–Trinajstić information content (AvgIpc) is 2.30. The molecule has 1 N–H and O–H groups in total. The van der Waals surface area contributed by atoms with Crippen molar-refractivity contribution in [3.05, 3.63) is 35.6 Å². The van der Waals surface area contributed by atoms with Crippen molar-refractivity contribution in [3.63, 3.8) is 0 Å². The molecule has 1 amide bonds. The monoisotopic (exact) mass is 243 g/mol. The Labute approximate surface area is 99.8 Å². The first-order chi connectivity index (χ1) is 7.63. The SMILES string of the molecule is CC(CCl)C(=O)NCCc1ccc(F)cc1. The number of hydrogen-bond donors (Lipinski definition) is 1. The molecule has 0 saturated carbocycles. The number of benzene rings is 1. The predicted molar refractivity (Wildman–Crippen MR) is 63.0 cm³/mol. The number of carbonyl (C=O) groups is 1. The van der Waals surface area contributed by atoms with Crippen molar-refractivity contribution in [1.29, 1.82) is 0 Å². The summed E-state index contributed by atoms with van der Waals surface area (Å²) < 4.78 is 12.6. The maximum atomic E-state index is 12.6. The molecule has 0 spiro atoms. The van der Waals surface area contributed by atoms with Crippen LogP contribution in [0, 0.1) is 11.7 Å². The van der Waals surface area contributed by atoms with E-state index in [0.717, 1.165) is 5.56 Å². The second-order valence-corrected chi connectivity index (χ2v) is 4.03. The molecule has 1 rings (SSSR count). The Morgan fingerprint density at radius 1 is 1.44 bits per heavy atom. The fraction of sp³-hybridized carbons (Fsp3) is 0.417. The lowest BCUT2D eigenvalue weighted by Gasteiger charge is -2.08. The van der Waals surface area contributed by atoms with E-state index in [1.165, 1.54) is 12.1 Å². The Morgan fingerprint density at radius 3 is 2.62 bits per heavy atom. The summed E-state index contributed by atoms with van der Waals surface area (Å²) in [5.41, 5.74) is 1.00. The van der Waals surface area contributed by atoms with Crippen LogP contribution in [0.15, 0.2) is 24.3 Å². The maximum absolute atomic E-state index is 12.6. The first-order valence-electron chi connectivity index (χ1n) is 5.21. The van der Waals surface area contributed by atoms with Crippen molar-refractivity contribution in [2.24, 2.45) is 5.92 Å². The van der Waals surface area contributed by atoms with Gasteiger partial charge in [-0.2, -0.15) is 0 Å². The molecular weight excluding hydrogens is 229 g/mol. The Bertz CT molecular complexity index is 339. The maximum Gasteiger partial charge on any atom is 0.224 e. The molecule has 0 aliphatic carbocycles. The van der Waals surface area contributed by atoms with Crippen molar-refractivity contribution < 1.29 is 9.18 Å². The van der Waals surface area contributed by atoms with Gasteiger partial charge in [-0.3, -0.25) is 4.79 Å². The van der Waals surface area contributed by atoms with Crippen LogP contribution in [0.5, 0.6) is 0 Å². The van der Waals surface area contributed by atoms with E-state index in [4.69, 9.17) is 11.6 Å². The molecule has 2 nitrogen and oxygen atoms in total. The fourth-order valence-corrected chi connectivity index (χ4v) is 1.37. The number of alkyl halides is 1. The van der Waals surface area contributed by atoms with E-state index in [9.17, 15) is 9.18 Å². The number of nitrogens with one attached hydrogen (secondary N) is 1. The summed E-state index contributed by atoms with van der Waals surface area (Å²) in [7, 11) is 0. The van der Waals surface area contributed by atoms with Crippen LogP contribution in [0.4, 0.5) is 4.39 Å². The summed E-state index contributed by atoms with van der Waals surface area (Å²) in [5, 5.41) is 2.78. The average molecular weight is 244 g/mol. The first-order valence-corrected chi connectivity index (χ1v) is 5.75. The molecule has 0 saturated heterocycles. The van der Waals surface area contributed by atoms with Crippen LogP contribution in [-0.4, -0.2) is 18.3 Å². The minimum atomic E-state index is -0.247. The molecule has 0 heterocycles. The molecule has 0 bridgehead atoms. The lowest BCUT2D eigenvalue weighted by Crippen LogP contribution is -2.31. The molecule has 0 aromatic heterocycles. The molecule has 1 aromatic rings. The zero-order valence-corrected chi connectivity index (χ0v) is 9.93. The van der Waals surface area contributed by atoms with E-state index < -0.39 is 0 Å². The largest absolute Gasteiger partial charge is 0.356 e. The number of rotatable bonds is 5. The van der Waals surface area contributed by atoms with Gasteiger partial charge in [-0.05, 0) is 24.1 Å².